The maximum Gasteiger partial charge on any atom is 0.296 e. The third kappa shape index (κ3) is 5.03. The van der Waals surface area contributed by atoms with Crippen molar-refractivity contribution in [2.45, 2.75) is 52.1 Å². The van der Waals surface area contributed by atoms with E-state index in [9.17, 15) is 18.0 Å². The predicted molar refractivity (Wildman–Crippen MR) is 102 cm³/mol. The Morgan fingerprint density at radius 2 is 2.11 bits per heavy atom. The van der Waals surface area contributed by atoms with Crippen molar-refractivity contribution in [3.05, 3.63) is 23.0 Å². The first-order valence-corrected chi connectivity index (χ1v) is 10.2. The highest BCUT2D eigenvalue weighted by molar-refractivity contribution is 7.18. The number of hydrogen-bond acceptors (Lipinski definition) is 5. The Kier molecular flexibility index (Phi) is 6.29. The molecule has 3 rings (SSSR count). The van der Waals surface area contributed by atoms with E-state index in [4.69, 9.17) is 9.47 Å². The number of aromatic nitrogens is 1. The van der Waals surface area contributed by atoms with Crippen molar-refractivity contribution in [3.8, 4) is 5.75 Å². The van der Waals surface area contributed by atoms with E-state index in [2.05, 4.69) is 4.98 Å². The lowest BCUT2D eigenvalue weighted by atomic mass is 9.83. The minimum atomic E-state index is -3.10. The van der Waals surface area contributed by atoms with Gasteiger partial charge in [-0.25, -0.2) is 9.37 Å². The van der Waals surface area contributed by atoms with Crippen LogP contribution in [0.4, 0.5) is 13.2 Å². The van der Waals surface area contributed by atoms with Gasteiger partial charge in [-0.2, -0.15) is 8.78 Å². The van der Waals surface area contributed by atoms with Crippen LogP contribution in [0.2, 0.25) is 0 Å². The molecular weight excluding hydrogens is 391 g/mol. The third-order valence-corrected chi connectivity index (χ3v) is 5.99. The standard InChI is InChI=1S/C20H24F3NO3S/c1-11(6-12(2)25)9-26-14-7-13(8-14)10-27-16-5-4-15-18(17(16)21)28-19(24-15)20(3,22)23/h4-5,11,13-14H,6-10H2,1-3H3/t11-,13?,14?/m1/s1. The Hall–Kier alpha value is -1.67. The molecule has 0 amide bonds. The van der Waals surface area contributed by atoms with E-state index in [1.54, 1.807) is 6.92 Å². The molecule has 154 valence electrons. The molecule has 0 N–H and O–H groups in total. The number of carbonyl (C=O) groups is 1. The van der Waals surface area contributed by atoms with Gasteiger partial charge in [0.25, 0.3) is 5.92 Å². The summed E-state index contributed by atoms with van der Waals surface area (Å²) in [4.78, 5) is 14.9. The summed E-state index contributed by atoms with van der Waals surface area (Å²) in [5.74, 6) is -3.06. The van der Waals surface area contributed by atoms with Gasteiger partial charge in [0.1, 0.15) is 5.78 Å². The van der Waals surface area contributed by atoms with Gasteiger partial charge in [0.05, 0.1) is 22.9 Å². The van der Waals surface area contributed by atoms with E-state index in [0.29, 0.717) is 31.0 Å². The fourth-order valence-corrected chi connectivity index (χ4v) is 4.17. The largest absolute Gasteiger partial charge is 0.490 e. The van der Waals surface area contributed by atoms with Gasteiger partial charge in [0.2, 0.25) is 0 Å². The second-order valence-corrected chi connectivity index (χ2v) is 8.75. The fraction of sp³-hybridized carbons (Fsp3) is 0.600. The number of benzene rings is 1. The molecule has 1 fully saturated rings. The number of alkyl halides is 2. The van der Waals surface area contributed by atoms with Crippen molar-refractivity contribution in [1.82, 2.24) is 4.98 Å². The van der Waals surface area contributed by atoms with Gasteiger partial charge < -0.3 is 14.3 Å². The van der Waals surface area contributed by atoms with E-state index in [-0.39, 0.29) is 39.7 Å². The molecule has 1 aliphatic rings. The number of thiazole rings is 1. The number of rotatable bonds is 9. The molecule has 4 nitrogen and oxygen atoms in total. The summed E-state index contributed by atoms with van der Waals surface area (Å²) in [7, 11) is 0. The average Bonchev–Trinajstić information content (AvgIpc) is 2.99. The summed E-state index contributed by atoms with van der Waals surface area (Å²) < 4.78 is 52.9. The average molecular weight is 415 g/mol. The molecule has 0 aliphatic heterocycles. The van der Waals surface area contributed by atoms with Crippen LogP contribution in [0.5, 0.6) is 5.75 Å². The topological polar surface area (TPSA) is 48.4 Å². The lowest BCUT2D eigenvalue weighted by Crippen LogP contribution is -2.36. The quantitative estimate of drug-likeness (QED) is 0.555. The second-order valence-electron chi connectivity index (χ2n) is 7.75. The molecule has 1 saturated carbocycles. The SMILES string of the molecule is CC(=O)C[C@@H](C)COC1CC(COc2ccc3nc(C(C)(F)F)sc3c2F)C1. The van der Waals surface area contributed by atoms with Crippen LogP contribution in [0.25, 0.3) is 10.2 Å². The Morgan fingerprint density at radius 1 is 1.39 bits per heavy atom. The molecule has 1 heterocycles. The molecule has 8 heteroatoms. The Morgan fingerprint density at radius 3 is 2.75 bits per heavy atom. The van der Waals surface area contributed by atoms with Crippen molar-refractivity contribution in [2.24, 2.45) is 11.8 Å². The number of hydrogen-bond donors (Lipinski definition) is 0. The summed E-state index contributed by atoms with van der Waals surface area (Å²) in [6.45, 7) is 5.21. The molecule has 0 saturated heterocycles. The second kappa shape index (κ2) is 8.37. The maximum absolute atomic E-state index is 14.6. The Balaban J connectivity index is 1.49. The zero-order chi connectivity index (χ0) is 20.5. The molecule has 0 radical (unpaired) electrons. The molecule has 1 aromatic heterocycles. The van der Waals surface area contributed by atoms with E-state index < -0.39 is 16.7 Å². The monoisotopic (exact) mass is 415 g/mol. The van der Waals surface area contributed by atoms with Crippen LogP contribution in [0, 0.1) is 17.7 Å². The van der Waals surface area contributed by atoms with E-state index >= 15 is 0 Å². The van der Waals surface area contributed by atoms with Gasteiger partial charge in [-0.1, -0.05) is 6.92 Å². The van der Waals surface area contributed by atoms with Crippen molar-refractivity contribution in [1.29, 1.82) is 0 Å². The minimum Gasteiger partial charge on any atom is -0.490 e. The zero-order valence-corrected chi connectivity index (χ0v) is 17.0. The van der Waals surface area contributed by atoms with Gasteiger partial charge in [0.15, 0.2) is 16.6 Å². The van der Waals surface area contributed by atoms with Crippen LogP contribution in [0.3, 0.4) is 0 Å². The third-order valence-electron chi connectivity index (χ3n) is 4.76. The maximum atomic E-state index is 14.6. The van der Waals surface area contributed by atoms with Crippen molar-refractivity contribution < 1.29 is 27.4 Å². The summed E-state index contributed by atoms with van der Waals surface area (Å²) in [5, 5.41) is -0.406. The van der Waals surface area contributed by atoms with Crippen molar-refractivity contribution in [3.63, 3.8) is 0 Å². The van der Waals surface area contributed by atoms with Crippen LogP contribution in [0.15, 0.2) is 12.1 Å². The molecule has 0 unspecified atom stereocenters. The highest BCUT2D eigenvalue weighted by atomic mass is 32.1. The highest BCUT2D eigenvalue weighted by Gasteiger charge is 2.32. The summed E-state index contributed by atoms with van der Waals surface area (Å²) in [6.07, 6.45) is 2.31. The number of ketones is 1. The Labute approximate surface area is 166 Å². The lowest BCUT2D eigenvalue weighted by Gasteiger charge is -2.35. The number of Topliss-reactive ketones (excluding diaryl/α,β-unsaturated/α-hetero) is 1. The molecule has 28 heavy (non-hydrogen) atoms. The van der Waals surface area contributed by atoms with Crippen LogP contribution in [0.1, 0.15) is 45.0 Å². The zero-order valence-electron chi connectivity index (χ0n) is 16.1. The van der Waals surface area contributed by atoms with Gasteiger partial charge >= 0.3 is 0 Å². The molecule has 2 aromatic rings. The number of nitrogens with zero attached hydrogens (tertiary/aromatic N) is 1. The number of halogens is 3. The first-order chi connectivity index (χ1) is 13.1. The van der Waals surface area contributed by atoms with E-state index in [1.165, 1.54) is 12.1 Å². The predicted octanol–water partition coefficient (Wildman–Crippen LogP) is 5.34. The van der Waals surface area contributed by atoms with Gasteiger partial charge in [-0.05, 0) is 43.7 Å². The molecule has 0 spiro atoms. The number of fused-ring (bicyclic) bond motifs is 1. The van der Waals surface area contributed by atoms with Crippen molar-refractivity contribution in [2.75, 3.05) is 13.2 Å². The molecule has 1 aliphatic carbocycles. The Bertz CT molecular complexity index is 843. The van der Waals surface area contributed by atoms with Crippen LogP contribution in [-0.2, 0) is 15.5 Å². The van der Waals surface area contributed by atoms with E-state index in [0.717, 1.165) is 19.8 Å². The molecule has 1 atom stereocenters. The first-order valence-electron chi connectivity index (χ1n) is 9.34. The summed E-state index contributed by atoms with van der Waals surface area (Å²) in [5.41, 5.74) is 0.211. The van der Waals surface area contributed by atoms with Gasteiger partial charge in [-0.3, -0.25) is 0 Å². The number of ether oxygens (including phenoxy) is 2. The van der Waals surface area contributed by atoms with Crippen LogP contribution >= 0.6 is 11.3 Å². The van der Waals surface area contributed by atoms with Gasteiger partial charge in [0, 0.05) is 20.0 Å². The highest BCUT2D eigenvalue weighted by Crippen LogP contribution is 2.38. The van der Waals surface area contributed by atoms with Crippen molar-refractivity contribution >= 4 is 27.3 Å². The minimum absolute atomic E-state index is 0.0570. The fourth-order valence-electron chi connectivity index (χ4n) is 3.25. The normalized spacial score (nSPS) is 20.8. The van der Waals surface area contributed by atoms with Gasteiger partial charge in [-0.15, -0.1) is 11.3 Å². The first kappa shape index (κ1) is 21.0. The lowest BCUT2D eigenvalue weighted by molar-refractivity contribution is -0.119. The molecular formula is C20H24F3NO3S. The smallest absolute Gasteiger partial charge is 0.296 e. The molecule has 1 aromatic carbocycles. The summed E-state index contributed by atoms with van der Waals surface area (Å²) in [6, 6.07) is 2.94. The molecule has 0 bridgehead atoms. The number of carbonyl (C=O) groups excluding carboxylic acids is 1. The van der Waals surface area contributed by atoms with E-state index in [1.807, 2.05) is 6.92 Å². The summed E-state index contributed by atoms with van der Waals surface area (Å²) >= 11 is 0.653. The van der Waals surface area contributed by atoms with Crippen LogP contribution in [-0.4, -0.2) is 30.1 Å². The van der Waals surface area contributed by atoms with Crippen LogP contribution < -0.4 is 4.74 Å².